The molecule has 0 saturated carbocycles. The summed E-state index contributed by atoms with van der Waals surface area (Å²) in [5.41, 5.74) is -0.936. The second-order valence-corrected chi connectivity index (χ2v) is 6.11. The van der Waals surface area contributed by atoms with Crippen molar-refractivity contribution in [1.82, 2.24) is 5.32 Å². The van der Waals surface area contributed by atoms with Crippen LogP contribution in [-0.2, 0) is 9.59 Å². The number of nitrogens with one attached hydrogen (secondary N) is 1. The monoisotopic (exact) mass is 241 g/mol. The van der Waals surface area contributed by atoms with E-state index in [-0.39, 0.29) is 11.7 Å². The molecule has 3 heteroatoms. The van der Waals surface area contributed by atoms with Crippen LogP contribution in [0.15, 0.2) is 0 Å². The minimum Gasteiger partial charge on any atom is -0.356 e. The van der Waals surface area contributed by atoms with Gasteiger partial charge in [-0.1, -0.05) is 41.0 Å². The SMILES string of the molecule is CCCCNC(=O)C(C)(C)CC(C)(C)C(C)=O. The van der Waals surface area contributed by atoms with E-state index in [4.69, 9.17) is 0 Å². The highest BCUT2D eigenvalue weighted by atomic mass is 16.2. The van der Waals surface area contributed by atoms with Crippen LogP contribution >= 0.6 is 0 Å². The fourth-order valence-electron chi connectivity index (χ4n) is 1.93. The van der Waals surface area contributed by atoms with Crippen molar-refractivity contribution in [1.29, 1.82) is 0 Å². The van der Waals surface area contributed by atoms with Gasteiger partial charge < -0.3 is 5.32 Å². The highest BCUT2D eigenvalue weighted by Gasteiger charge is 2.36. The van der Waals surface area contributed by atoms with Crippen LogP contribution in [0.5, 0.6) is 0 Å². The summed E-state index contributed by atoms with van der Waals surface area (Å²) in [5, 5.41) is 2.94. The van der Waals surface area contributed by atoms with E-state index in [1.165, 1.54) is 0 Å². The van der Waals surface area contributed by atoms with Gasteiger partial charge in [0.15, 0.2) is 0 Å². The molecule has 0 bridgehead atoms. The number of unbranched alkanes of at least 4 members (excludes halogenated alkanes) is 1. The van der Waals surface area contributed by atoms with E-state index in [0.717, 1.165) is 19.4 Å². The quantitative estimate of drug-likeness (QED) is 0.697. The maximum atomic E-state index is 12.0. The van der Waals surface area contributed by atoms with Crippen molar-refractivity contribution >= 4 is 11.7 Å². The molecule has 0 aliphatic carbocycles. The molecule has 0 heterocycles. The summed E-state index contributed by atoms with van der Waals surface area (Å²) in [7, 11) is 0. The van der Waals surface area contributed by atoms with Crippen molar-refractivity contribution in [3.05, 3.63) is 0 Å². The Morgan fingerprint density at radius 2 is 1.59 bits per heavy atom. The average molecular weight is 241 g/mol. The van der Waals surface area contributed by atoms with Gasteiger partial charge in [-0.05, 0) is 19.8 Å². The molecular weight excluding hydrogens is 214 g/mol. The molecule has 0 unspecified atom stereocenters. The Morgan fingerprint density at radius 1 is 1.06 bits per heavy atom. The minimum absolute atomic E-state index is 0.0419. The molecule has 1 amide bonds. The third-order valence-electron chi connectivity index (χ3n) is 3.27. The van der Waals surface area contributed by atoms with Gasteiger partial charge in [-0.2, -0.15) is 0 Å². The predicted octanol–water partition coefficient (Wildman–Crippen LogP) is 2.93. The summed E-state index contributed by atoms with van der Waals surface area (Å²) in [6.07, 6.45) is 2.64. The van der Waals surface area contributed by atoms with E-state index in [1.54, 1.807) is 6.92 Å². The summed E-state index contributed by atoms with van der Waals surface area (Å²) >= 11 is 0. The molecule has 0 aromatic carbocycles. The zero-order valence-corrected chi connectivity index (χ0v) is 12.1. The molecular formula is C14H27NO2. The van der Waals surface area contributed by atoms with Gasteiger partial charge in [-0.3, -0.25) is 9.59 Å². The van der Waals surface area contributed by atoms with E-state index in [1.807, 2.05) is 27.7 Å². The van der Waals surface area contributed by atoms with Gasteiger partial charge in [0.2, 0.25) is 5.91 Å². The number of ketones is 1. The van der Waals surface area contributed by atoms with Crippen molar-refractivity contribution < 1.29 is 9.59 Å². The third-order valence-corrected chi connectivity index (χ3v) is 3.27. The second kappa shape index (κ2) is 6.18. The lowest BCUT2D eigenvalue weighted by atomic mass is 9.72. The fraction of sp³-hybridized carbons (Fsp3) is 0.857. The van der Waals surface area contributed by atoms with E-state index >= 15 is 0 Å². The van der Waals surface area contributed by atoms with Gasteiger partial charge in [0.05, 0.1) is 0 Å². The molecule has 0 saturated heterocycles. The molecule has 0 fully saturated rings. The molecule has 0 aromatic rings. The van der Waals surface area contributed by atoms with Gasteiger partial charge in [0, 0.05) is 17.4 Å². The number of carbonyl (C=O) groups is 2. The first-order chi connectivity index (χ1) is 7.63. The summed E-state index contributed by atoms with van der Waals surface area (Å²) in [6, 6.07) is 0. The standard InChI is InChI=1S/C14H27NO2/c1-7-8-9-15-12(17)14(5,6)10-13(3,4)11(2)16/h7-10H2,1-6H3,(H,15,17). The maximum Gasteiger partial charge on any atom is 0.225 e. The third kappa shape index (κ3) is 5.33. The number of rotatable bonds is 7. The van der Waals surface area contributed by atoms with Crippen molar-refractivity contribution in [2.24, 2.45) is 10.8 Å². The Balaban J connectivity index is 4.46. The Hall–Kier alpha value is -0.860. The summed E-state index contributed by atoms with van der Waals surface area (Å²) in [5.74, 6) is 0.173. The highest BCUT2D eigenvalue weighted by Crippen LogP contribution is 2.34. The molecule has 0 spiro atoms. The first-order valence-corrected chi connectivity index (χ1v) is 6.43. The van der Waals surface area contributed by atoms with Gasteiger partial charge in [0.1, 0.15) is 5.78 Å². The normalized spacial score (nSPS) is 12.4. The van der Waals surface area contributed by atoms with Crippen molar-refractivity contribution in [3.63, 3.8) is 0 Å². The zero-order valence-electron chi connectivity index (χ0n) is 12.1. The summed E-state index contributed by atoms with van der Waals surface area (Å²) in [6.45, 7) is 12.0. The van der Waals surface area contributed by atoms with Crippen LogP contribution in [0.3, 0.4) is 0 Å². The number of carbonyl (C=O) groups excluding carboxylic acids is 2. The second-order valence-electron chi connectivity index (χ2n) is 6.11. The van der Waals surface area contributed by atoms with Crippen molar-refractivity contribution in [3.8, 4) is 0 Å². The molecule has 0 aromatic heterocycles. The van der Waals surface area contributed by atoms with Gasteiger partial charge >= 0.3 is 0 Å². The average Bonchev–Trinajstić information content (AvgIpc) is 2.16. The number of hydrogen-bond acceptors (Lipinski definition) is 2. The van der Waals surface area contributed by atoms with Crippen LogP contribution in [0.4, 0.5) is 0 Å². The number of hydrogen-bond donors (Lipinski definition) is 1. The molecule has 0 aliphatic rings. The van der Waals surface area contributed by atoms with Crippen molar-refractivity contribution in [2.45, 2.75) is 60.8 Å². The maximum absolute atomic E-state index is 12.0. The topological polar surface area (TPSA) is 46.2 Å². The molecule has 0 rings (SSSR count). The van der Waals surface area contributed by atoms with E-state index < -0.39 is 10.8 Å². The Kier molecular flexibility index (Phi) is 5.86. The first-order valence-electron chi connectivity index (χ1n) is 6.43. The lowest BCUT2D eigenvalue weighted by Crippen LogP contribution is -2.41. The van der Waals surface area contributed by atoms with Crippen LogP contribution in [0.1, 0.15) is 60.8 Å². The molecule has 0 atom stereocenters. The van der Waals surface area contributed by atoms with E-state index in [2.05, 4.69) is 12.2 Å². The summed E-state index contributed by atoms with van der Waals surface area (Å²) < 4.78 is 0. The zero-order chi connectivity index (χ0) is 13.7. The predicted molar refractivity (Wildman–Crippen MR) is 70.8 cm³/mol. The molecule has 3 nitrogen and oxygen atoms in total. The van der Waals surface area contributed by atoms with Crippen LogP contribution in [0, 0.1) is 10.8 Å². The van der Waals surface area contributed by atoms with Crippen LogP contribution in [0.25, 0.3) is 0 Å². The Morgan fingerprint density at radius 3 is 2.00 bits per heavy atom. The Labute approximate surface area is 105 Å². The molecule has 100 valence electrons. The van der Waals surface area contributed by atoms with Crippen LogP contribution in [0.2, 0.25) is 0 Å². The molecule has 0 radical (unpaired) electrons. The largest absolute Gasteiger partial charge is 0.356 e. The number of Topliss-reactive ketones (excluding diaryl/α,β-unsaturated/α-hetero) is 1. The van der Waals surface area contributed by atoms with Crippen LogP contribution < -0.4 is 5.32 Å². The number of amides is 1. The smallest absolute Gasteiger partial charge is 0.225 e. The summed E-state index contributed by atoms with van der Waals surface area (Å²) in [4.78, 5) is 23.5. The van der Waals surface area contributed by atoms with Crippen molar-refractivity contribution in [2.75, 3.05) is 6.54 Å². The lowest BCUT2D eigenvalue weighted by Gasteiger charge is -2.32. The molecule has 1 N–H and O–H groups in total. The first kappa shape index (κ1) is 16.1. The highest BCUT2D eigenvalue weighted by molar-refractivity contribution is 5.85. The Bertz CT molecular complexity index is 280. The van der Waals surface area contributed by atoms with Crippen LogP contribution in [-0.4, -0.2) is 18.2 Å². The van der Waals surface area contributed by atoms with Gasteiger partial charge in [-0.15, -0.1) is 0 Å². The minimum atomic E-state index is -0.497. The molecule has 17 heavy (non-hydrogen) atoms. The van der Waals surface area contributed by atoms with Gasteiger partial charge in [0.25, 0.3) is 0 Å². The van der Waals surface area contributed by atoms with Gasteiger partial charge in [-0.25, -0.2) is 0 Å². The van der Waals surface area contributed by atoms with E-state index in [0.29, 0.717) is 6.42 Å². The fourth-order valence-corrected chi connectivity index (χ4v) is 1.93. The van der Waals surface area contributed by atoms with E-state index in [9.17, 15) is 9.59 Å². The molecule has 0 aliphatic heterocycles. The lowest BCUT2D eigenvalue weighted by molar-refractivity contribution is -0.133.